The first-order chi connectivity index (χ1) is 26.4. The van der Waals surface area contributed by atoms with Gasteiger partial charge in [0, 0.05) is 18.5 Å². The number of hydrogen-bond donors (Lipinski definition) is 3. The first-order valence-corrected chi connectivity index (χ1v) is 17.2. The molecule has 2 aromatic carbocycles. The minimum absolute atomic E-state index is 0.0201. The molecule has 20 heteroatoms. The van der Waals surface area contributed by atoms with Crippen molar-refractivity contribution in [2.75, 3.05) is 26.4 Å². The molecule has 5 aromatic rings. The third kappa shape index (κ3) is 10.7. The molecule has 0 aliphatic rings. The Morgan fingerprint density at radius 3 is 2.36 bits per heavy atom. The zero-order chi connectivity index (χ0) is 39.5. The van der Waals surface area contributed by atoms with E-state index in [0.717, 1.165) is 27.9 Å². The normalized spacial score (nSPS) is 12.5. The molecule has 2 atom stereocenters. The molecule has 0 bridgehead atoms. The summed E-state index contributed by atoms with van der Waals surface area (Å²) in [7, 11) is 0. The van der Waals surface area contributed by atoms with Gasteiger partial charge in [0.15, 0.2) is 23.8 Å². The maximum atomic E-state index is 13.5. The summed E-state index contributed by atoms with van der Waals surface area (Å²) < 4.78 is 32.4. The smallest absolute Gasteiger partial charge is 0.453 e. The number of aromatic nitrogens is 6. The summed E-state index contributed by atoms with van der Waals surface area (Å²) in [4.78, 5) is 47.2. The van der Waals surface area contributed by atoms with E-state index in [4.69, 9.17) is 38.2 Å². The quantitative estimate of drug-likeness (QED) is 0.0606. The van der Waals surface area contributed by atoms with Crippen LogP contribution < -0.4 is 5.82 Å². The van der Waals surface area contributed by atoms with Crippen LogP contribution in [0.15, 0.2) is 62.2 Å². The van der Waals surface area contributed by atoms with E-state index in [9.17, 15) is 19.5 Å². The van der Waals surface area contributed by atoms with Gasteiger partial charge in [-0.05, 0) is 49.1 Å². The molecule has 0 amide bonds. The van der Waals surface area contributed by atoms with Crippen molar-refractivity contribution in [3.05, 3.63) is 93.4 Å². The van der Waals surface area contributed by atoms with E-state index in [-0.39, 0.29) is 68.3 Å². The van der Waals surface area contributed by atoms with Gasteiger partial charge in [0.2, 0.25) is 12.1 Å². The lowest BCUT2D eigenvalue weighted by molar-refractivity contribution is -0.493. The molecule has 0 spiro atoms. The minimum Gasteiger partial charge on any atom is -0.453 e. The van der Waals surface area contributed by atoms with Crippen molar-refractivity contribution in [2.24, 2.45) is 0 Å². The van der Waals surface area contributed by atoms with E-state index in [0.29, 0.717) is 17.8 Å². The van der Waals surface area contributed by atoms with Gasteiger partial charge >= 0.3 is 17.9 Å². The van der Waals surface area contributed by atoms with E-state index >= 15 is 0 Å². The molecule has 0 radical (unpaired) electrons. The summed E-state index contributed by atoms with van der Waals surface area (Å²) in [5, 5.41) is 39.7. The van der Waals surface area contributed by atoms with Crippen molar-refractivity contribution < 1.29 is 57.7 Å². The van der Waals surface area contributed by atoms with Gasteiger partial charge in [-0.2, -0.15) is 0 Å². The number of rotatable bonds is 19. The summed E-state index contributed by atoms with van der Waals surface area (Å²) in [5.41, 5.74) is 3.40. The number of benzene rings is 2. The molecule has 294 valence electrons. The van der Waals surface area contributed by atoms with Gasteiger partial charge in [0.05, 0.1) is 31.3 Å². The van der Waals surface area contributed by atoms with Gasteiger partial charge in [-0.1, -0.05) is 55.5 Å². The van der Waals surface area contributed by atoms with Gasteiger partial charge in [-0.3, -0.25) is 10.4 Å². The first kappa shape index (κ1) is 40.4. The number of nitrogens with zero attached hydrogens (tertiary/aromatic N) is 7. The van der Waals surface area contributed by atoms with Crippen LogP contribution in [0.3, 0.4) is 0 Å². The van der Waals surface area contributed by atoms with Crippen LogP contribution in [0.1, 0.15) is 78.6 Å². The van der Waals surface area contributed by atoms with E-state index < -0.39 is 35.7 Å². The molecule has 3 heterocycles. The van der Waals surface area contributed by atoms with E-state index in [1.807, 2.05) is 55.5 Å². The van der Waals surface area contributed by atoms with Crippen LogP contribution in [0.4, 0.5) is 4.79 Å². The topological polar surface area (TPSA) is 249 Å². The third-order valence-electron chi connectivity index (χ3n) is 7.98. The zero-order valence-electron chi connectivity index (χ0n) is 30.5. The second kappa shape index (κ2) is 19.0. The van der Waals surface area contributed by atoms with Gasteiger partial charge in [0.1, 0.15) is 18.1 Å². The average molecular weight is 768 g/mol. The number of aliphatic hydroxyl groups excluding tert-OH is 1. The Labute approximate surface area is 313 Å². The molecular weight excluding hydrogens is 726 g/mol. The van der Waals surface area contributed by atoms with Crippen molar-refractivity contribution in [1.82, 2.24) is 35.1 Å². The van der Waals surface area contributed by atoms with Gasteiger partial charge in [-0.25, -0.2) is 24.2 Å². The van der Waals surface area contributed by atoms with Crippen LogP contribution in [-0.4, -0.2) is 89.2 Å². The monoisotopic (exact) mass is 767 g/mol. The molecule has 0 aliphatic carbocycles. The van der Waals surface area contributed by atoms with Crippen LogP contribution in [0.5, 0.6) is 0 Å². The highest BCUT2D eigenvalue weighted by Gasteiger charge is 2.28. The van der Waals surface area contributed by atoms with E-state index in [1.54, 1.807) is 11.5 Å². The number of esters is 1. The van der Waals surface area contributed by atoms with E-state index in [1.165, 1.54) is 13.8 Å². The summed E-state index contributed by atoms with van der Waals surface area (Å²) in [6.45, 7) is 6.27. The summed E-state index contributed by atoms with van der Waals surface area (Å²) >= 11 is 0. The first-order valence-electron chi connectivity index (χ1n) is 17.2. The minimum atomic E-state index is -1.06. The number of carbonyl (C=O) groups is 2. The van der Waals surface area contributed by atoms with Crippen molar-refractivity contribution in [3.8, 4) is 22.5 Å². The van der Waals surface area contributed by atoms with Crippen molar-refractivity contribution in [2.45, 2.75) is 66.0 Å². The molecule has 0 saturated heterocycles. The standard InChI is InChI=1S/C35H41N7O13/c1-5-8-29-36-30(21(2)43)31(33(44)51-20-28-22(3)53-35(46)55-28)40(29)19-24-11-13-25(14-12-24)26-9-6-7-10-27(26)32-37-39-41(38-32)23(4)54-34(45)50-17-15-49-16-18-52-42(47)48/h6-7,9-14,21,23,43,47-48H,5,8,15-20H2,1-4H3. The summed E-state index contributed by atoms with van der Waals surface area (Å²) in [6.07, 6.45) is -1.72. The Morgan fingerprint density at radius 1 is 0.964 bits per heavy atom. The molecular formula is C35H41N7O13. The van der Waals surface area contributed by atoms with Crippen LogP contribution >= 0.6 is 0 Å². The fourth-order valence-corrected chi connectivity index (χ4v) is 5.39. The maximum Gasteiger partial charge on any atom is 0.519 e. The molecule has 2 unspecified atom stereocenters. The SMILES string of the molecule is CCCc1nc(C(C)O)c(C(=O)OCc2oc(=O)oc2C)n1Cc1ccc(-c2ccccc2-c2nnn(C(C)OC(=O)OCCOCCON(O)O)n2)cc1. The van der Waals surface area contributed by atoms with Crippen LogP contribution in [0.25, 0.3) is 22.5 Å². The van der Waals surface area contributed by atoms with Crippen LogP contribution in [-0.2, 0) is 43.4 Å². The lowest BCUT2D eigenvalue weighted by Gasteiger charge is -2.14. The van der Waals surface area contributed by atoms with E-state index in [2.05, 4.69) is 25.2 Å². The van der Waals surface area contributed by atoms with Crippen LogP contribution in [0, 0.1) is 6.92 Å². The Bertz CT molecular complexity index is 2090. The van der Waals surface area contributed by atoms with Gasteiger partial charge in [-0.15, -0.1) is 15.0 Å². The highest BCUT2D eigenvalue weighted by atomic mass is 17.1. The lowest BCUT2D eigenvalue weighted by atomic mass is 9.98. The number of carbonyl (C=O) groups excluding carboxylic acids is 2. The van der Waals surface area contributed by atoms with Gasteiger partial charge < -0.3 is 37.5 Å². The number of ether oxygens (including phenoxy) is 4. The maximum absolute atomic E-state index is 13.5. The Morgan fingerprint density at radius 2 is 1.69 bits per heavy atom. The second-order valence-electron chi connectivity index (χ2n) is 12.0. The highest BCUT2D eigenvalue weighted by molar-refractivity contribution is 5.89. The third-order valence-corrected chi connectivity index (χ3v) is 7.98. The molecule has 3 N–H and O–H groups in total. The van der Waals surface area contributed by atoms with Crippen molar-refractivity contribution in [3.63, 3.8) is 0 Å². The second-order valence-corrected chi connectivity index (χ2v) is 12.0. The molecule has 0 saturated carbocycles. The number of imidazole rings is 1. The molecule has 0 fully saturated rings. The Kier molecular flexibility index (Phi) is 14.0. The van der Waals surface area contributed by atoms with Crippen molar-refractivity contribution >= 4 is 12.1 Å². The zero-order valence-corrected chi connectivity index (χ0v) is 30.5. The lowest BCUT2D eigenvalue weighted by Crippen LogP contribution is -2.20. The largest absolute Gasteiger partial charge is 0.519 e. The average Bonchev–Trinajstić information content (AvgIpc) is 3.87. The number of aliphatic hydroxyl groups is 1. The number of tetrazole rings is 1. The molecule has 0 aliphatic heterocycles. The fraction of sp³-hybridized carbons (Fsp3) is 0.400. The Hall–Kier alpha value is -5.77. The predicted octanol–water partition coefficient (Wildman–Crippen LogP) is 4.17. The highest BCUT2D eigenvalue weighted by Crippen LogP contribution is 2.31. The number of aryl methyl sites for hydroxylation is 2. The fourth-order valence-electron chi connectivity index (χ4n) is 5.39. The predicted molar refractivity (Wildman–Crippen MR) is 185 cm³/mol. The van der Waals surface area contributed by atoms with Crippen molar-refractivity contribution in [1.29, 1.82) is 0 Å². The molecule has 55 heavy (non-hydrogen) atoms. The summed E-state index contributed by atoms with van der Waals surface area (Å²) in [5.74, 6) is -0.487. The molecule has 3 aromatic heterocycles. The Balaban J connectivity index is 1.27. The molecule has 20 nitrogen and oxygen atoms in total. The van der Waals surface area contributed by atoms with Crippen LogP contribution in [0.2, 0.25) is 0 Å². The summed E-state index contributed by atoms with van der Waals surface area (Å²) in [6, 6.07) is 15.1. The number of hydrogen-bond acceptors (Lipinski definition) is 18. The van der Waals surface area contributed by atoms with Gasteiger partial charge in [0.25, 0.3) is 0 Å². The molecule has 5 rings (SSSR count).